The molecule has 2 N–H and O–H groups in total. The van der Waals surface area contributed by atoms with Crippen LogP contribution in [0.3, 0.4) is 0 Å². The average Bonchev–Trinajstić information content (AvgIpc) is 3.44. The van der Waals surface area contributed by atoms with Crippen molar-refractivity contribution in [3.05, 3.63) is 76.2 Å². The van der Waals surface area contributed by atoms with Gasteiger partial charge in [0, 0.05) is 23.8 Å². The molecule has 2 heterocycles. The number of alkyl halides is 2. The maximum atomic E-state index is 13.4. The lowest BCUT2D eigenvalue weighted by atomic mass is 9.94. The largest absolute Gasteiger partial charge is 0.383 e. The van der Waals surface area contributed by atoms with E-state index in [1.165, 1.54) is 12.4 Å². The van der Waals surface area contributed by atoms with E-state index >= 15 is 0 Å². The van der Waals surface area contributed by atoms with Gasteiger partial charge in [-0.15, -0.1) is 5.10 Å². The monoisotopic (exact) mass is 553 g/mol. The molecule has 0 aliphatic carbocycles. The van der Waals surface area contributed by atoms with Crippen LogP contribution in [0.1, 0.15) is 66.4 Å². The van der Waals surface area contributed by atoms with Crippen LogP contribution in [0.25, 0.3) is 10.9 Å². The highest BCUT2D eigenvalue weighted by atomic mass is 19.1. The van der Waals surface area contributed by atoms with Crippen molar-refractivity contribution in [2.75, 3.05) is 30.5 Å². The number of pyridine rings is 1. The molecule has 1 atom stereocenters. The Morgan fingerprint density at radius 1 is 1.00 bits per heavy atom. The number of aromatic nitrogens is 4. The highest BCUT2D eigenvalue weighted by Crippen LogP contribution is 2.35. The van der Waals surface area contributed by atoms with E-state index in [-0.39, 0.29) is 11.0 Å². The molecule has 9 nitrogen and oxygen atoms in total. The standard InChI is InChI=1S/C30H29F2N9/c1-18-19(12-33)6-5-7-24(18)29(26-16-41(40-39-26)23(10-31)11-32)38-22-8-20(13-34)27-25(9-22)28(21(14-35)15-36-27)37-17-30(2,3)4/h5-9,15-16,23,29,38H,10-11,17H2,1-4H3,(H,36,37). The van der Waals surface area contributed by atoms with Gasteiger partial charge in [0.15, 0.2) is 0 Å². The zero-order valence-corrected chi connectivity index (χ0v) is 23.2. The van der Waals surface area contributed by atoms with Crippen molar-refractivity contribution < 1.29 is 8.78 Å². The number of hydrogen-bond donors (Lipinski definition) is 2. The van der Waals surface area contributed by atoms with Crippen LogP contribution in [-0.4, -0.2) is 39.9 Å². The second-order valence-corrected chi connectivity index (χ2v) is 10.9. The maximum absolute atomic E-state index is 13.4. The Labute approximate surface area is 237 Å². The average molecular weight is 554 g/mol. The zero-order valence-electron chi connectivity index (χ0n) is 23.2. The van der Waals surface area contributed by atoms with Crippen LogP contribution in [0.5, 0.6) is 0 Å². The predicted octanol–water partition coefficient (Wildman–Crippen LogP) is 5.89. The van der Waals surface area contributed by atoms with Crippen molar-refractivity contribution in [2.45, 2.75) is 39.8 Å². The van der Waals surface area contributed by atoms with Crippen LogP contribution < -0.4 is 10.6 Å². The lowest BCUT2D eigenvalue weighted by molar-refractivity contribution is 0.269. The first-order valence-corrected chi connectivity index (χ1v) is 12.9. The van der Waals surface area contributed by atoms with Gasteiger partial charge < -0.3 is 10.6 Å². The first-order chi connectivity index (χ1) is 19.6. The Morgan fingerprint density at radius 2 is 1.71 bits per heavy atom. The minimum absolute atomic E-state index is 0.0898. The van der Waals surface area contributed by atoms with E-state index < -0.39 is 25.4 Å². The van der Waals surface area contributed by atoms with Gasteiger partial charge in [-0.3, -0.25) is 4.98 Å². The van der Waals surface area contributed by atoms with Gasteiger partial charge in [0.05, 0.1) is 46.2 Å². The summed E-state index contributed by atoms with van der Waals surface area (Å²) in [4.78, 5) is 4.40. The van der Waals surface area contributed by atoms with Crippen LogP contribution in [-0.2, 0) is 0 Å². The van der Waals surface area contributed by atoms with Gasteiger partial charge in [0.2, 0.25) is 0 Å². The van der Waals surface area contributed by atoms with Gasteiger partial charge in [0.1, 0.15) is 37.2 Å². The quantitative estimate of drug-likeness (QED) is 0.262. The number of rotatable bonds is 9. The molecule has 0 aliphatic heterocycles. The molecule has 2 aromatic carbocycles. The molecule has 208 valence electrons. The van der Waals surface area contributed by atoms with E-state index in [2.05, 4.69) is 64.9 Å². The number of halogens is 2. The summed E-state index contributed by atoms with van der Waals surface area (Å²) in [7, 11) is 0. The number of nitrogens with zero attached hydrogens (tertiary/aromatic N) is 7. The third-order valence-electron chi connectivity index (χ3n) is 6.68. The predicted molar refractivity (Wildman–Crippen MR) is 151 cm³/mol. The minimum atomic E-state index is -1.11. The summed E-state index contributed by atoms with van der Waals surface area (Å²) in [5, 5.41) is 44.9. The van der Waals surface area contributed by atoms with Gasteiger partial charge in [-0.2, -0.15) is 15.8 Å². The molecule has 4 aromatic rings. The fraction of sp³-hybridized carbons (Fsp3) is 0.333. The molecule has 0 spiro atoms. The molecule has 41 heavy (non-hydrogen) atoms. The smallest absolute Gasteiger partial charge is 0.114 e. The second-order valence-electron chi connectivity index (χ2n) is 10.9. The topological polar surface area (TPSA) is 139 Å². The van der Waals surface area contributed by atoms with Crippen LogP contribution >= 0.6 is 0 Å². The van der Waals surface area contributed by atoms with Gasteiger partial charge >= 0.3 is 0 Å². The molecule has 0 amide bonds. The molecular weight excluding hydrogens is 524 g/mol. The molecular formula is C30H29F2N9. The summed E-state index contributed by atoms with van der Waals surface area (Å²) in [6.07, 6.45) is 2.92. The molecule has 2 aromatic heterocycles. The van der Waals surface area contributed by atoms with E-state index in [0.29, 0.717) is 56.8 Å². The van der Waals surface area contributed by atoms with Gasteiger partial charge in [0.25, 0.3) is 0 Å². The highest BCUT2D eigenvalue weighted by Gasteiger charge is 2.24. The van der Waals surface area contributed by atoms with Crippen molar-refractivity contribution in [3.8, 4) is 18.2 Å². The molecule has 0 saturated carbocycles. The fourth-order valence-electron chi connectivity index (χ4n) is 4.45. The first-order valence-electron chi connectivity index (χ1n) is 12.9. The summed E-state index contributed by atoms with van der Waals surface area (Å²) in [6, 6.07) is 13.4. The first kappa shape index (κ1) is 28.9. The van der Waals surface area contributed by atoms with Crippen LogP contribution in [0.2, 0.25) is 0 Å². The van der Waals surface area contributed by atoms with Crippen molar-refractivity contribution in [1.82, 2.24) is 20.0 Å². The Balaban J connectivity index is 1.90. The zero-order chi connectivity index (χ0) is 29.7. The Morgan fingerprint density at radius 3 is 2.34 bits per heavy atom. The summed E-state index contributed by atoms with van der Waals surface area (Å²) in [5.74, 6) is 0. The minimum Gasteiger partial charge on any atom is -0.383 e. The third kappa shape index (κ3) is 6.08. The number of fused-ring (bicyclic) bond motifs is 1. The third-order valence-corrected chi connectivity index (χ3v) is 6.68. The fourth-order valence-corrected chi connectivity index (χ4v) is 4.45. The Bertz CT molecular complexity index is 1700. The Kier molecular flexibility index (Phi) is 8.45. The molecule has 0 fully saturated rings. The molecule has 0 radical (unpaired) electrons. The summed E-state index contributed by atoms with van der Waals surface area (Å²) < 4.78 is 28.0. The lowest BCUT2D eigenvalue weighted by Crippen LogP contribution is -2.20. The number of benzene rings is 2. The van der Waals surface area contributed by atoms with E-state index in [0.717, 1.165) is 4.68 Å². The van der Waals surface area contributed by atoms with Crippen LogP contribution in [0, 0.1) is 46.3 Å². The molecule has 0 bridgehead atoms. The van der Waals surface area contributed by atoms with Gasteiger partial charge in [-0.25, -0.2) is 13.5 Å². The number of anilines is 2. The summed E-state index contributed by atoms with van der Waals surface area (Å²) in [5.41, 5.74) is 4.25. The van der Waals surface area contributed by atoms with Crippen molar-refractivity contribution in [1.29, 1.82) is 15.8 Å². The second kappa shape index (κ2) is 12.0. The molecule has 0 saturated heterocycles. The number of nitriles is 3. The maximum Gasteiger partial charge on any atom is 0.114 e. The van der Waals surface area contributed by atoms with Crippen LogP contribution in [0.4, 0.5) is 20.2 Å². The van der Waals surface area contributed by atoms with Crippen LogP contribution in [0.15, 0.2) is 42.7 Å². The van der Waals surface area contributed by atoms with Crippen molar-refractivity contribution in [3.63, 3.8) is 0 Å². The highest BCUT2D eigenvalue weighted by molar-refractivity contribution is 5.99. The normalized spacial score (nSPS) is 12.0. The van der Waals surface area contributed by atoms with Gasteiger partial charge in [-0.1, -0.05) is 38.1 Å². The van der Waals surface area contributed by atoms with Crippen molar-refractivity contribution >= 4 is 22.3 Å². The van der Waals surface area contributed by atoms with Crippen molar-refractivity contribution in [2.24, 2.45) is 5.41 Å². The van der Waals surface area contributed by atoms with E-state index in [4.69, 9.17) is 0 Å². The summed E-state index contributed by atoms with van der Waals surface area (Å²) in [6.45, 7) is 6.66. The van der Waals surface area contributed by atoms with E-state index in [9.17, 15) is 24.6 Å². The van der Waals surface area contributed by atoms with Gasteiger partial charge in [-0.05, 0) is 41.7 Å². The SMILES string of the molecule is Cc1c(C#N)cccc1C(Nc1cc(C#N)c2ncc(C#N)c(NCC(C)(C)C)c2c1)c1cn(C(CF)CF)nn1. The molecule has 0 aliphatic rings. The Hall–Kier alpha value is -5.08. The van der Waals surface area contributed by atoms with E-state index in [1.54, 1.807) is 31.2 Å². The number of hydrogen-bond acceptors (Lipinski definition) is 8. The molecule has 11 heteroatoms. The lowest BCUT2D eigenvalue weighted by Gasteiger charge is -2.23. The molecule has 1 unspecified atom stereocenters. The summed E-state index contributed by atoms with van der Waals surface area (Å²) >= 11 is 0. The molecule has 4 rings (SSSR count). The number of nitrogens with one attached hydrogen (secondary N) is 2. The van der Waals surface area contributed by atoms with E-state index in [1.807, 2.05) is 6.07 Å².